The Balaban J connectivity index is 0.773. The van der Waals surface area contributed by atoms with E-state index in [1.54, 1.807) is 23.1 Å². The average Bonchev–Trinajstić information content (AvgIpc) is 3.99. The first-order chi connectivity index (χ1) is 29.6. The molecule has 16 nitrogen and oxygen atoms in total. The molecule has 2 aliphatic heterocycles. The fraction of sp³-hybridized carbons (Fsp3) is 0.442. The van der Waals surface area contributed by atoms with E-state index in [1.165, 1.54) is 16.9 Å². The van der Waals surface area contributed by atoms with Crippen LogP contribution in [0.25, 0.3) is 16.6 Å². The molecule has 9 rings (SSSR count). The monoisotopic (exact) mass is 833 g/mol. The van der Waals surface area contributed by atoms with Crippen molar-refractivity contribution < 1.29 is 23.2 Å². The molecule has 0 bridgehead atoms. The number of hydrogen-bond acceptors (Lipinski definition) is 11. The van der Waals surface area contributed by atoms with Crippen LogP contribution in [0, 0.1) is 5.92 Å². The molecule has 1 saturated carbocycles. The van der Waals surface area contributed by atoms with E-state index in [9.17, 15) is 23.2 Å². The van der Waals surface area contributed by atoms with Gasteiger partial charge in [-0.3, -0.25) is 34.0 Å². The molecule has 1 aromatic carbocycles. The van der Waals surface area contributed by atoms with Crippen molar-refractivity contribution in [2.24, 2.45) is 13.0 Å². The van der Waals surface area contributed by atoms with Gasteiger partial charge in [-0.15, -0.1) is 0 Å². The number of aromatic nitrogens is 8. The van der Waals surface area contributed by atoms with Crippen LogP contribution in [0.1, 0.15) is 97.2 Å². The fourth-order valence-corrected chi connectivity index (χ4v) is 9.25. The van der Waals surface area contributed by atoms with E-state index in [-0.39, 0.29) is 34.8 Å². The average molecular weight is 834 g/mol. The molecule has 3 aliphatic rings. The highest BCUT2D eigenvalue weighted by atomic mass is 19.3. The maximum atomic E-state index is 14.3. The number of carbonyl (C=O) groups excluding carboxylic acids is 3. The van der Waals surface area contributed by atoms with E-state index in [1.807, 2.05) is 29.9 Å². The van der Waals surface area contributed by atoms with E-state index in [4.69, 9.17) is 5.10 Å². The van der Waals surface area contributed by atoms with Crippen LogP contribution in [-0.4, -0.2) is 94.5 Å². The Morgan fingerprint density at radius 1 is 1.02 bits per heavy atom. The molecule has 18 heteroatoms. The Labute approximate surface area is 350 Å². The minimum Gasteiger partial charge on any atom is -0.371 e. The van der Waals surface area contributed by atoms with Crippen molar-refractivity contribution in [1.82, 2.24) is 49.4 Å². The van der Waals surface area contributed by atoms with Gasteiger partial charge in [0, 0.05) is 68.8 Å². The number of fused-ring (bicyclic) bond motifs is 2. The largest absolute Gasteiger partial charge is 0.371 e. The minimum atomic E-state index is -2.87. The van der Waals surface area contributed by atoms with Gasteiger partial charge in [-0.1, -0.05) is 6.07 Å². The summed E-state index contributed by atoms with van der Waals surface area (Å²) in [6.07, 6.45) is 9.80. The van der Waals surface area contributed by atoms with Crippen molar-refractivity contribution >= 4 is 51.5 Å². The van der Waals surface area contributed by atoms with Gasteiger partial charge >= 0.3 is 0 Å². The SMILES string of the molecule is CN(CC1CCC(n2cc(NC(=O)c3cnn4ccc(NCc5ccccn5)nc34)c(C(F)F)n2)CC1)C1CCN(c2ccc3c(C4CCC(=O)NC4=O)nn(C)c3c2)CC1. The van der Waals surface area contributed by atoms with Crippen LogP contribution in [-0.2, 0) is 23.2 Å². The standard InChI is InChI=1S/C43H49F2N13O3/c1-54(28-14-18-56(19-15-28)30-10-11-31-35(21-30)55(2)52-38(31)32-12-13-37(59)51-42(32)60)24-26-6-8-29(9-7-26)58-25-34(39(53-58)40(44)45)49-43(61)33-23-48-57-20-16-36(50-41(33)57)47-22-27-5-3-4-17-46-27/h3-5,10-11,16-17,20-21,23,25-26,28-29,32,40H,6-9,12-15,18-19,22,24H2,1-2H3,(H,47,50)(H,49,61)(H,51,59,60). The summed E-state index contributed by atoms with van der Waals surface area (Å²) in [5, 5.41) is 22.5. The summed E-state index contributed by atoms with van der Waals surface area (Å²) in [6, 6.07) is 14.1. The minimum absolute atomic E-state index is 0.0193. The molecule has 1 unspecified atom stereocenters. The quantitative estimate of drug-likeness (QED) is 0.126. The van der Waals surface area contributed by atoms with Gasteiger partial charge in [0.25, 0.3) is 12.3 Å². The molecule has 61 heavy (non-hydrogen) atoms. The Hall–Kier alpha value is -6.30. The van der Waals surface area contributed by atoms with Crippen LogP contribution in [0.15, 0.2) is 67.3 Å². The highest BCUT2D eigenvalue weighted by molar-refractivity contribution is 6.08. The Morgan fingerprint density at radius 3 is 2.59 bits per heavy atom. The molecule has 3 amide bonds. The first-order valence-electron chi connectivity index (χ1n) is 21.0. The number of amides is 3. The molecule has 2 saturated heterocycles. The lowest BCUT2D eigenvalue weighted by Crippen LogP contribution is -2.45. The zero-order valence-corrected chi connectivity index (χ0v) is 34.2. The predicted molar refractivity (Wildman–Crippen MR) is 224 cm³/mol. The molecular weight excluding hydrogens is 785 g/mol. The molecule has 1 atom stereocenters. The van der Waals surface area contributed by atoms with E-state index in [0.29, 0.717) is 37.2 Å². The molecule has 1 aliphatic carbocycles. The van der Waals surface area contributed by atoms with E-state index >= 15 is 0 Å². The number of piperidine rings is 2. The predicted octanol–water partition coefficient (Wildman–Crippen LogP) is 5.86. The molecule has 3 N–H and O–H groups in total. The Kier molecular flexibility index (Phi) is 11.2. The lowest BCUT2D eigenvalue weighted by atomic mass is 9.85. The molecule has 5 aromatic heterocycles. The van der Waals surface area contributed by atoms with E-state index < -0.39 is 23.9 Å². The lowest BCUT2D eigenvalue weighted by molar-refractivity contribution is -0.134. The number of alkyl halides is 2. The molecule has 6 aromatic rings. The summed E-state index contributed by atoms with van der Waals surface area (Å²) in [7, 11) is 4.10. The summed E-state index contributed by atoms with van der Waals surface area (Å²) in [4.78, 5) is 51.5. The molecule has 0 spiro atoms. The number of benzene rings is 1. The Bertz CT molecular complexity index is 2560. The number of anilines is 3. The summed E-state index contributed by atoms with van der Waals surface area (Å²) in [6.45, 7) is 3.25. The molecule has 7 heterocycles. The van der Waals surface area contributed by atoms with Gasteiger partial charge in [-0.05, 0) is 94.3 Å². The number of rotatable bonds is 12. The number of halogens is 2. The maximum absolute atomic E-state index is 14.3. The Morgan fingerprint density at radius 2 is 1.84 bits per heavy atom. The van der Waals surface area contributed by atoms with Crippen LogP contribution in [0.3, 0.4) is 0 Å². The summed E-state index contributed by atoms with van der Waals surface area (Å²) in [5.74, 6) is -0.538. The summed E-state index contributed by atoms with van der Waals surface area (Å²) < 4.78 is 33.5. The number of imide groups is 1. The highest BCUT2D eigenvalue weighted by Gasteiger charge is 2.33. The van der Waals surface area contributed by atoms with Crippen molar-refractivity contribution in [2.75, 3.05) is 42.2 Å². The van der Waals surface area contributed by atoms with E-state index in [2.05, 4.69) is 71.2 Å². The number of aryl methyl sites for hydroxylation is 1. The zero-order valence-electron chi connectivity index (χ0n) is 34.2. The van der Waals surface area contributed by atoms with E-state index in [0.717, 1.165) is 86.1 Å². The molecule has 318 valence electrons. The van der Waals surface area contributed by atoms with Gasteiger partial charge < -0.3 is 20.4 Å². The lowest BCUT2D eigenvalue weighted by Gasteiger charge is -2.40. The second-order valence-electron chi connectivity index (χ2n) is 16.5. The van der Waals surface area contributed by atoms with Crippen LogP contribution in [0.2, 0.25) is 0 Å². The summed E-state index contributed by atoms with van der Waals surface area (Å²) >= 11 is 0. The number of carbonyl (C=O) groups is 3. The highest BCUT2D eigenvalue weighted by Crippen LogP contribution is 2.37. The van der Waals surface area contributed by atoms with Crippen LogP contribution in [0.4, 0.5) is 26.0 Å². The van der Waals surface area contributed by atoms with Crippen molar-refractivity contribution in [3.8, 4) is 0 Å². The van der Waals surface area contributed by atoms with Gasteiger partial charge in [-0.2, -0.15) is 15.3 Å². The molecular formula is C43H49F2N13O3. The third kappa shape index (κ3) is 8.40. The second-order valence-corrected chi connectivity index (χ2v) is 16.5. The third-order valence-electron chi connectivity index (χ3n) is 12.6. The van der Waals surface area contributed by atoms with Gasteiger partial charge in [0.2, 0.25) is 11.8 Å². The summed E-state index contributed by atoms with van der Waals surface area (Å²) in [5.41, 5.74) is 3.61. The maximum Gasteiger partial charge on any atom is 0.284 e. The van der Waals surface area contributed by atoms with Crippen LogP contribution >= 0.6 is 0 Å². The smallest absolute Gasteiger partial charge is 0.284 e. The van der Waals surface area contributed by atoms with Crippen LogP contribution in [0.5, 0.6) is 0 Å². The topological polar surface area (TPSA) is 172 Å². The fourth-order valence-electron chi connectivity index (χ4n) is 9.25. The second kappa shape index (κ2) is 17.0. The third-order valence-corrected chi connectivity index (χ3v) is 12.6. The number of hydrogen-bond donors (Lipinski definition) is 3. The first kappa shape index (κ1) is 40.1. The number of nitrogens with zero attached hydrogens (tertiary/aromatic N) is 10. The van der Waals surface area contributed by atoms with Crippen molar-refractivity contribution in [2.45, 2.75) is 82.3 Å². The molecule has 0 radical (unpaired) electrons. The molecule has 3 fully saturated rings. The number of pyridine rings is 1. The number of nitrogens with one attached hydrogen (secondary N) is 3. The first-order valence-corrected chi connectivity index (χ1v) is 21.0. The van der Waals surface area contributed by atoms with Crippen LogP contribution < -0.4 is 20.9 Å². The van der Waals surface area contributed by atoms with Gasteiger partial charge in [0.05, 0.1) is 47.3 Å². The van der Waals surface area contributed by atoms with Crippen molar-refractivity contribution in [3.63, 3.8) is 0 Å². The van der Waals surface area contributed by atoms with Crippen molar-refractivity contribution in [3.05, 3.63) is 89.9 Å². The zero-order chi connectivity index (χ0) is 42.2. The van der Waals surface area contributed by atoms with Gasteiger partial charge in [-0.25, -0.2) is 18.3 Å². The van der Waals surface area contributed by atoms with Gasteiger partial charge in [0.1, 0.15) is 11.4 Å². The normalized spacial score (nSPS) is 20.2. The van der Waals surface area contributed by atoms with Crippen molar-refractivity contribution in [1.29, 1.82) is 0 Å². The van der Waals surface area contributed by atoms with Gasteiger partial charge in [0.15, 0.2) is 11.3 Å².